The minimum Gasteiger partial charge on any atom is -0.374 e. The Balaban J connectivity index is 1.51. The van der Waals surface area contributed by atoms with Crippen LogP contribution in [0.1, 0.15) is 118 Å². The molecule has 2 aromatic rings. The normalized spacial score (nSPS) is 21.3. The number of ether oxygens (including phenoxy) is 1. The van der Waals surface area contributed by atoms with Gasteiger partial charge in [0.05, 0.1) is 12.2 Å². The van der Waals surface area contributed by atoms with Crippen molar-refractivity contribution in [3.05, 3.63) is 64.7 Å². The van der Waals surface area contributed by atoms with Crippen LogP contribution in [0.3, 0.4) is 0 Å². The Morgan fingerprint density at radius 2 is 1.46 bits per heavy atom. The highest BCUT2D eigenvalue weighted by atomic mass is 16.5. The Kier molecular flexibility index (Phi) is 6.94. The second-order valence-corrected chi connectivity index (χ2v) is 15.3. The summed E-state index contributed by atoms with van der Waals surface area (Å²) in [6.07, 6.45) is 7.23. The predicted molar refractivity (Wildman–Crippen MR) is 161 cm³/mol. The van der Waals surface area contributed by atoms with E-state index < -0.39 is 0 Å². The van der Waals surface area contributed by atoms with Crippen molar-refractivity contribution < 1.29 is 4.74 Å². The molecule has 0 heterocycles. The highest BCUT2D eigenvalue weighted by molar-refractivity contribution is 5.82. The van der Waals surface area contributed by atoms with Crippen molar-refractivity contribution in [2.45, 2.75) is 112 Å². The summed E-state index contributed by atoms with van der Waals surface area (Å²) >= 11 is 0. The van der Waals surface area contributed by atoms with E-state index in [2.05, 4.69) is 132 Å². The molecule has 0 amide bonds. The lowest BCUT2D eigenvalue weighted by atomic mass is 9.76. The molecule has 0 aliphatic heterocycles. The summed E-state index contributed by atoms with van der Waals surface area (Å²) in [5.74, 6) is 1.53. The summed E-state index contributed by atoms with van der Waals surface area (Å²) in [7, 11) is 0. The van der Waals surface area contributed by atoms with Gasteiger partial charge in [0.2, 0.25) is 0 Å². The van der Waals surface area contributed by atoms with E-state index in [1.807, 2.05) is 0 Å². The van der Waals surface area contributed by atoms with Crippen LogP contribution >= 0.6 is 0 Å². The molecule has 2 atom stereocenters. The maximum absolute atomic E-state index is 6.61. The van der Waals surface area contributed by atoms with E-state index in [0.717, 1.165) is 12.5 Å². The number of hydrogen-bond donors (Lipinski definition) is 0. The lowest BCUT2D eigenvalue weighted by Crippen LogP contribution is -2.41. The first kappa shape index (κ1) is 28.2. The van der Waals surface area contributed by atoms with Crippen molar-refractivity contribution in [3.63, 3.8) is 0 Å². The lowest BCUT2D eigenvalue weighted by molar-refractivity contribution is -0.0847. The zero-order valence-electron chi connectivity index (χ0n) is 25.8. The molecule has 4 rings (SSSR count). The van der Waals surface area contributed by atoms with Crippen LogP contribution in [0.2, 0.25) is 0 Å². The van der Waals surface area contributed by atoms with Gasteiger partial charge in [-0.2, -0.15) is 0 Å². The van der Waals surface area contributed by atoms with Crippen LogP contribution in [-0.4, -0.2) is 12.2 Å². The average molecular weight is 501 g/mol. The van der Waals surface area contributed by atoms with Crippen molar-refractivity contribution in [3.8, 4) is 11.1 Å². The van der Waals surface area contributed by atoms with Crippen molar-refractivity contribution in [2.75, 3.05) is 6.61 Å². The summed E-state index contributed by atoms with van der Waals surface area (Å²) in [6, 6.07) is 14.1. The zero-order valence-corrected chi connectivity index (χ0v) is 25.8. The van der Waals surface area contributed by atoms with Gasteiger partial charge in [0, 0.05) is 10.8 Å². The number of hydrogen-bond acceptors (Lipinski definition) is 1. The van der Waals surface area contributed by atoms with Crippen LogP contribution in [0.5, 0.6) is 0 Å². The van der Waals surface area contributed by atoms with Crippen molar-refractivity contribution in [1.82, 2.24) is 0 Å². The topological polar surface area (TPSA) is 9.23 Å². The second-order valence-electron chi connectivity index (χ2n) is 15.3. The molecule has 2 aliphatic carbocycles. The molecule has 2 unspecified atom stereocenters. The third kappa shape index (κ3) is 5.23. The lowest BCUT2D eigenvalue weighted by Gasteiger charge is -2.40. The van der Waals surface area contributed by atoms with Gasteiger partial charge in [-0.3, -0.25) is 0 Å². The molecule has 0 aromatic heterocycles. The molecular formula is C36H52O. The Labute approximate surface area is 228 Å². The van der Waals surface area contributed by atoms with Gasteiger partial charge >= 0.3 is 0 Å². The van der Waals surface area contributed by atoms with Gasteiger partial charge < -0.3 is 4.74 Å². The summed E-state index contributed by atoms with van der Waals surface area (Å²) in [5.41, 5.74) is 8.61. The molecule has 202 valence electrons. The molecule has 1 fully saturated rings. The van der Waals surface area contributed by atoms with Gasteiger partial charge in [-0.1, -0.05) is 124 Å². The zero-order chi connectivity index (χ0) is 27.6. The highest BCUT2D eigenvalue weighted by Crippen LogP contribution is 2.53. The van der Waals surface area contributed by atoms with Gasteiger partial charge in [0.15, 0.2) is 0 Å². The standard InChI is InChI=1S/C36H52O/c1-13-33(5,6)29-21-25(29)23-37-36(11,12)34(7,8)19-18-24-14-16-27-28-17-15-26(32(2,3)4)22-31(28)35(9,10)30(27)20-24/h14-20,22,25,29H,13,21,23H2,1-12H3. The Bertz CT molecular complexity index is 1180. The van der Waals surface area contributed by atoms with E-state index in [0.29, 0.717) is 11.3 Å². The number of benzene rings is 2. The number of rotatable bonds is 8. The van der Waals surface area contributed by atoms with Gasteiger partial charge in [-0.05, 0) is 76.3 Å². The number of fused-ring (bicyclic) bond motifs is 3. The summed E-state index contributed by atoms with van der Waals surface area (Å²) < 4.78 is 6.61. The van der Waals surface area contributed by atoms with Gasteiger partial charge in [0.1, 0.15) is 0 Å². The fourth-order valence-electron chi connectivity index (χ4n) is 5.98. The smallest absolute Gasteiger partial charge is 0.0711 e. The third-order valence-electron chi connectivity index (χ3n) is 10.3. The maximum Gasteiger partial charge on any atom is 0.0711 e. The van der Waals surface area contributed by atoms with E-state index in [4.69, 9.17) is 4.74 Å². The van der Waals surface area contributed by atoms with Crippen LogP contribution in [-0.2, 0) is 15.6 Å². The van der Waals surface area contributed by atoms with Crippen molar-refractivity contribution in [2.24, 2.45) is 22.7 Å². The van der Waals surface area contributed by atoms with Gasteiger partial charge in [-0.15, -0.1) is 0 Å². The summed E-state index contributed by atoms with van der Waals surface area (Å²) in [6.45, 7) is 28.8. The minimum atomic E-state index is -0.234. The fraction of sp³-hybridized carbons (Fsp3) is 0.611. The summed E-state index contributed by atoms with van der Waals surface area (Å²) in [5, 5.41) is 0. The van der Waals surface area contributed by atoms with Gasteiger partial charge in [0.25, 0.3) is 0 Å². The largest absolute Gasteiger partial charge is 0.374 e. The average Bonchev–Trinajstić information content (AvgIpc) is 3.57. The van der Waals surface area contributed by atoms with E-state index in [1.54, 1.807) is 0 Å². The molecule has 1 nitrogen and oxygen atoms in total. The van der Waals surface area contributed by atoms with Crippen LogP contribution in [0.25, 0.3) is 17.2 Å². The van der Waals surface area contributed by atoms with Crippen molar-refractivity contribution >= 4 is 6.08 Å². The Morgan fingerprint density at radius 1 is 0.865 bits per heavy atom. The molecule has 0 bridgehead atoms. The predicted octanol–water partition coefficient (Wildman–Crippen LogP) is 10.2. The fourth-order valence-corrected chi connectivity index (χ4v) is 5.98. The van der Waals surface area contributed by atoms with E-state index in [1.165, 1.54) is 46.2 Å². The molecule has 0 spiro atoms. The quantitative estimate of drug-likeness (QED) is 0.350. The molecule has 2 aromatic carbocycles. The molecule has 1 saturated carbocycles. The van der Waals surface area contributed by atoms with E-state index >= 15 is 0 Å². The highest BCUT2D eigenvalue weighted by Gasteiger charge is 2.48. The van der Waals surface area contributed by atoms with Crippen LogP contribution < -0.4 is 0 Å². The first-order valence-electron chi connectivity index (χ1n) is 14.5. The SMILES string of the molecule is CCC(C)(C)C1CC1COC(C)(C)C(C)(C)C=Cc1ccc2c(c1)C(C)(C)c1cc(C(C)(C)C)ccc1-2. The first-order chi connectivity index (χ1) is 16.9. The molecule has 0 N–H and O–H groups in total. The van der Waals surface area contributed by atoms with E-state index in [9.17, 15) is 0 Å². The Morgan fingerprint density at radius 3 is 2.05 bits per heavy atom. The molecule has 0 radical (unpaired) electrons. The van der Waals surface area contributed by atoms with Crippen LogP contribution in [0.4, 0.5) is 0 Å². The molecular weight excluding hydrogens is 448 g/mol. The second kappa shape index (κ2) is 9.11. The monoisotopic (exact) mass is 500 g/mol. The minimum absolute atomic E-state index is 0.000742. The molecule has 1 heteroatoms. The maximum atomic E-state index is 6.61. The Hall–Kier alpha value is -1.86. The first-order valence-corrected chi connectivity index (χ1v) is 14.5. The van der Waals surface area contributed by atoms with Gasteiger partial charge in [-0.25, -0.2) is 0 Å². The van der Waals surface area contributed by atoms with Crippen LogP contribution in [0.15, 0.2) is 42.5 Å². The van der Waals surface area contributed by atoms with Crippen LogP contribution in [0, 0.1) is 22.7 Å². The van der Waals surface area contributed by atoms with E-state index in [-0.39, 0.29) is 21.8 Å². The van der Waals surface area contributed by atoms with Crippen molar-refractivity contribution in [1.29, 1.82) is 0 Å². The molecule has 2 aliphatic rings. The summed E-state index contributed by atoms with van der Waals surface area (Å²) in [4.78, 5) is 0. The molecule has 37 heavy (non-hydrogen) atoms. The third-order valence-corrected chi connectivity index (χ3v) is 10.3. The molecule has 0 saturated heterocycles.